The number of methoxy groups -OCH3 is 1. The van der Waals surface area contributed by atoms with Gasteiger partial charge in [-0.15, -0.1) is 10.2 Å². The van der Waals surface area contributed by atoms with Crippen molar-refractivity contribution in [3.63, 3.8) is 0 Å². The summed E-state index contributed by atoms with van der Waals surface area (Å²) in [6.45, 7) is 0.454. The van der Waals surface area contributed by atoms with Crippen molar-refractivity contribution in [2.75, 3.05) is 13.7 Å². The van der Waals surface area contributed by atoms with Crippen LogP contribution in [0.25, 0.3) is 0 Å². The normalized spacial score (nSPS) is 10.4. The molecule has 3 aromatic rings. The van der Waals surface area contributed by atoms with Crippen LogP contribution in [0.15, 0.2) is 59.0 Å². The maximum atomic E-state index is 12.1. The fourth-order valence-electron chi connectivity index (χ4n) is 2.48. The van der Waals surface area contributed by atoms with Crippen molar-refractivity contribution < 1.29 is 13.9 Å². The number of nitrogens with one attached hydrogen (secondary N) is 1. The van der Waals surface area contributed by atoms with Crippen molar-refractivity contribution in [1.29, 1.82) is 0 Å². The minimum Gasteiger partial charge on any atom is -0.496 e. The third-order valence-corrected chi connectivity index (χ3v) is 3.73. The summed E-state index contributed by atoms with van der Waals surface area (Å²) in [6, 6.07) is 17.5. The number of rotatable bonds is 7. The van der Waals surface area contributed by atoms with E-state index in [1.807, 2.05) is 54.6 Å². The van der Waals surface area contributed by atoms with Crippen molar-refractivity contribution in [1.82, 2.24) is 15.5 Å². The Kier molecular flexibility index (Phi) is 5.41. The van der Waals surface area contributed by atoms with Crippen LogP contribution in [0.5, 0.6) is 5.75 Å². The molecular weight excluding hydrogens is 318 g/mol. The Morgan fingerprint density at radius 3 is 2.64 bits per heavy atom. The smallest absolute Gasteiger partial charge is 0.308 e. The van der Waals surface area contributed by atoms with E-state index in [2.05, 4.69) is 15.5 Å². The van der Waals surface area contributed by atoms with E-state index in [0.29, 0.717) is 25.3 Å². The van der Waals surface area contributed by atoms with E-state index in [1.165, 1.54) is 0 Å². The molecule has 0 saturated heterocycles. The standard InChI is InChI=1S/C19H19N3O3/c1-24-16-10-6-5-9-15(16)11-12-20-18(23)19-22-21-17(25-19)13-14-7-3-2-4-8-14/h2-10H,11-13H2,1H3,(H,20,23). The van der Waals surface area contributed by atoms with Gasteiger partial charge in [0.1, 0.15) is 5.75 Å². The first-order valence-electron chi connectivity index (χ1n) is 8.02. The van der Waals surface area contributed by atoms with E-state index in [0.717, 1.165) is 16.9 Å². The molecule has 3 rings (SSSR count). The number of hydrogen-bond acceptors (Lipinski definition) is 5. The van der Waals surface area contributed by atoms with Crippen LogP contribution in [0, 0.1) is 0 Å². The molecule has 0 spiro atoms. The lowest BCUT2D eigenvalue weighted by Crippen LogP contribution is -2.26. The second kappa shape index (κ2) is 8.10. The first kappa shape index (κ1) is 16.7. The quantitative estimate of drug-likeness (QED) is 0.717. The van der Waals surface area contributed by atoms with Crippen molar-refractivity contribution in [3.05, 3.63) is 77.5 Å². The summed E-state index contributed by atoms with van der Waals surface area (Å²) >= 11 is 0. The number of nitrogens with zero attached hydrogens (tertiary/aromatic N) is 2. The molecule has 0 aliphatic carbocycles. The molecule has 1 amide bonds. The monoisotopic (exact) mass is 337 g/mol. The van der Waals surface area contributed by atoms with Crippen LogP contribution in [0.4, 0.5) is 0 Å². The van der Waals surface area contributed by atoms with Crippen LogP contribution in [-0.2, 0) is 12.8 Å². The summed E-state index contributed by atoms with van der Waals surface area (Å²) in [5, 5.41) is 10.5. The lowest BCUT2D eigenvalue weighted by Gasteiger charge is -2.08. The van der Waals surface area contributed by atoms with Crippen LogP contribution < -0.4 is 10.1 Å². The van der Waals surface area contributed by atoms with Gasteiger partial charge in [0, 0.05) is 6.54 Å². The highest BCUT2D eigenvalue weighted by molar-refractivity contribution is 5.89. The van der Waals surface area contributed by atoms with E-state index < -0.39 is 0 Å². The SMILES string of the molecule is COc1ccccc1CCNC(=O)c1nnc(Cc2ccccc2)o1. The number of hydrogen-bond donors (Lipinski definition) is 1. The molecule has 0 unspecified atom stereocenters. The average molecular weight is 337 g/mol. The van der Waals surface area contributed by atoms with Gasteiger partial charge in [0.15, 0.2) is 0 Å². The summed E-state index contributed by atoms with van der Waals surface area (Å²) in [7, 11) is 1.63. The van der Waals surface area contributed by atoms with Gasteiger partial charge in [0.25, 0.3) is 0 Å². The van der Waals surface area contributed by atoms with Gasteiger partial charge >= 0.3 is 11.8 Å². The van der Waals surface area contributed by atoms with Crippen LogP contribution in [-0.4, -0.2) is 29.8 Å². The van der Waals surface area contributed by atoms with Gasteiger partial charge in [-0.05, 0) is 23.6 Å². The fraction of sp³-hybridized carbons (Fsp3) is 0.211. The number of carbonyl (C=O) groups is 1. The summed E-state index contributed by atoms with van der Waals surface area (Å²) < 4.78 is 10.7. The second-order valence-corrected chi connectivity index (χ2v) is 5.48. The predicted octanol–water partition coefficient (Wildman–Crippen LogP) is 2.64. The second-order valence-electron chi connectivity index (χ2n) is 5.48. The van der Waals surface area contributed by atoms with Crippen LogP contribution in [0.3, 0.4) is 0 Å². The van der Waals surface area contributed by atoms with Gasteiger partial charge in [-0.25, -0.2) is 0 Å². The van der Waals surface area contributed by atoms with E-state index in [4.69, 9.17) is 9.15 Å². The van der Waals surface area contributed by atoms with E-state index in [9.17, 15) is 4.79 Å². The largest absolute Gasteiger partial charge is 0.496 e. The fourth-order valence-corrected chi connectivity index (χ4v) is 2.48. The highest BCUT2D eigenvalue weighted by Crippen LogP contribution is 2.17. The number of benzene rings is 2. The van der Waals surface area contributed by atoms with Gasteiger partial charge in [-0.1, -0.05) is 48.5 Å². The summed E-state index contributed by atoms with van der Waals surface area (Å²) in [5.74, 6) is 0.827. The molecule has 6 heteroatoms. The number of ether oxygens (including phenoxy) is 1. The predicted molar refractivity (Wildman–Crippen MR) is 92.6 cm³/mol. The summed E-state index contributed by atoms with van der Waals surface area (Å²) in [5.41, 5.74) is 2.08. The minimum absolute atomic E-state index is 0.0223. The molecule has 6 nitrogen and oxygen atoms in total. The molecule has 0 radical (unpaired) electrons. The van der Waals surface area contributed by atoms with E-state index >= 15 is 0 Å². The van der Waals surface area contributed by atoms with Gasteiger partial charge in [-0.2, -0.15) is 0 Å². The number of amides is 1. The first-order chi connectivity index (χ1) is 12.3. The van der Waals surface area contributed by atoms with Crippen molar-refractivity contribution in [2.45, 2.75) is 12.8 Å². The zero-order valence-electron chi connectivity index (χ0n) is 13.9. The van der Waals surface area contributed by atoms with Gasteiger partial charge in [0.2, 0.25) is 5.89 Å². The molecule has 1 N–H and O–H groups in total. The molecule has 25 heavy (non-hydrogen) atoms. The molecule has 0 atom stereocenters. The molecule has 2 aromatic carbocycles. The van der Waals surface area contributed by atoms with Gasteiger partial charge in [0.05, 0.1) is 13.5 Å². The minimum atomic E-state index is -0.373. The highest BCUT2D eigenvalue weighted by Gasteiger charge is 2.14. The lowest BCUT2D eigenvalue weighted by atomic mass is 10.1. The molecule has 0 bridgehead atoms. The Morgan fingerprint density at radius 2 is 1.84 bits per heavy atom. The van der Waals surface area contributed by atoms with E-state index in [1.54, 1.807) is 7.11 Å². The number of carbonyl (C=O) groups excluding carboxylic acids is 1. The number of aromatic nitrogens is 2. The lowest BCUT2D eigenvalue weighted by molar-refractivity contribution is 0.0917. The molecule has 0 aliphatic rings. The molecule has 0 saturated carbocycles. The van der Waals surface area contributed by atoms with Crippen LogP contribution in [0.1, 0.15) is 27.7 Å². The molecule has 128 valence electrons. The molecule has 1 aromatic heterocycles. The highest BCUT2D eigenvalue weighted by atomic mass is 16.5. The molecular formula is C19H19N3O3. The molecule has 1 heterocycles. The van der Waals surface area contributed by atoms with Crippen molar-refractivity contribution >= 4 is 5.91 Å². The van der Waals surface area contributed by atoms with Crippen LogP contribution in [0.2, 0.25) is 0 Å². The summed E-state index contributed by atoms with van der Waals surface area (Å²) in [6.07, 6.45) is 1.16. The van der Waals surface area contributed by atoms with Crippen molar-refractivity contribution in [3.8, 4) is 5.75 Å². The zero-order valence-corrected chi connectivity index (χ0v) is 13.9. The zero-order chi connectivity index (χ0) is 17.5. The average Bonchev–Trinajstić information content (AvgIpc) is 3.11. The maximum Gasteiger partial charge on any atom is 0.308 e. The Hall–Kier alpha value is -3.15. The molecule has 0 aliphatic heterocycles. The maximum absolute atomic E-state index is 12.1. The van der Waals surface area contributed by atoms with E-state index in [-0.39, 0.29) is 11.8 Å². The van der Waals surface area contributed by atoms with Gasteiger partial charge < -0.3 is 14.5 Å². The Morgan fingerprint density at radius 1 is 1.08 bits per heavy atom. The third-order valence-electron chi connectivity index (χ3n) is 3.73. The Labute approximate surface area is 145 Å². The first-order valence-corrected chi connectivity index (χ1v) is 8.02. The number of para-hydroxylation sites is 1. The molecule has 0 fully saturated rings. The Balaban J connectivity index is 1.53. The Bertz CT molecular complexity index is 831. The topological polar surface area (TPSA) is 77.2 Å². The van der Waals surface area contributed by atoms with Crippen molar-refractivity contribution in [2.24, 2.45) is 0 Å². The summed E-state index contributed by atoms with van der Waals surface area (Å²) in [4.78, 5) is 12.1. The third kappa shape index (κ3) is 4.44. The van der Waals surface area contributed by atoms with Gasteiger partial charge in [-0.3, -0.25) is 4.79 Å². The van der Waals surface area contributed by atoms with Crippen LogP contribution >= 0.6 is 0 Å².